The first kappa shape index (κ1) is 12.8. The number of thiocarbonyl (C=S) groups is 1. The largest absolute Gasteiger partial charge is 0.497 e. The summed E-state index contributed by atoms with van der Waals surface area (Å²) in [5.41, 5.74) is 0.955. The molecule has 1 N–H and O–H groups in total. The van der Waals surface area contributed by atoms with Gasteiger partial charge in [-0.05, 0) is 47.9 Å². The molecule has 0 saturated heterocycles. The van der Waals surface area contributed by atoms with Crippen LogP contribution in [0.5, 0.6) is 5.75 Å². The van der Waals surface area contributed by atoms with Gasteiger partial charge in [-0.1, -0.05) is 18.3 Å². The van der Waals surface area contributed by atoms with Gasteiger partial charge in [0, 0.05) is 10.6 Å². The zero-order valence-corrected chi connectivity index (χ0v) is 11.6. The van der Waals surface area contributed by atoms with E-state index in [2.05, 4.69) is 11.4 Å². The third-order valence-corrected chi connectivity index (χ3v) is 3.38. The molecule has 0 atom stereocenters. The Morgan fingerprint density at radius 1 is 1.28 bits per heavy atom. The molecule has 18 heavy (non-hydrogen) atoms. The molecule has 0 unspecified atom stereocenters. The van der Waals surface area contributed by atoms with Gasteiger partial charge in [0.15, 0.2) is 0 Å². The van der Waals surface area contributed by atoms with Crippen LogP contribution in [0.4, 0.5) is 5.69 Å². The Morgan fingerprint density at radius 2 is 2.06 bits per heavy atom. The minimum absolute atomic E-state index is 0.688. The molecule has 0 spiro atoms. The predicted octanol–water partition coefficient (Wildman–Crippen LogP) is 4.21. The summed E-state index contributed by atoms with van der Waals surface area (Å²) in [6.07, 6.45) is 3.90. The van der Waals surface area contributed by atoms with Gasteiger partial charge in [-0.3, -0.25) is 0 Å². The first-order chi connectivity index (χ1) is 8.78. The molecule has 0 bridgehead atoms. The molecule has 1 aromatic carbocycles. The lowest BCUT2D eigenvalue weighted by molar-refractivity contribution is 0.415. The van der Waals surface area contributed by atoms with Gasteiger partial charge < -0.3 is 10.1 Å². The predicted molar refractivity (Wildman–Crippen MR) is 82.6 cm³/mol. The van der Waals surface area contributed by atoms with E-state index in [-0.39, 0.29) is 0 Å². The maximum Gasteiger partial charge on any atom is 0.119 e. The maximum absolute atomic E-state index is 5.25. The summed E-state index contributed by atoms with van der Waals surface area (Å²) >= 11 is 6.93. The van der Waals surface area contributed by atoms with Crippen molar-refractivity contribution in [1.82, 2.24) is 0 Å². The molecule has 1 heterocycles. The minimum atomic E-state index is 0.688. The Morgan fingerprint density at radius 3 is 2.67 bits per heavy atom. The molecule has 1 aromatic heterocycles. The number of nitrogens with one attached hydrogen (secondary N) is 1. The van der Waals surface area contributed by atoms with E-state index in [1.165, 1.54) is 4.88 Å². The molecule has 0 amide bonds. The van der Waals surface area contributed by atoms with E-state index >= 15 is 0 Å². The van der Waals surface area contributed by atoms with Crippen LogP contribution in [0.3, 0.4) is 0 Å². The number of thiophene rings is 1. The molecule has 2 nitrogen and oxygen atoms in total. The summed E-state index contributed by atoms with van der Waals surface area (Å²) in [6.45, 7) is 0. The van der Waals surface area contributed by atoms with Crippen molar-refractivity contribution in [1.29, 1.82) is 0 Å². The molecule has 2 rings (SSSR count). The Kier molecular flexibility index (Phi) is 4.50. The standard InChI is InChI=1S/C14H13NOS2/c1-16-12-6-4-11(5-7-12)15-14(17)9-8-13-3-2-10-18-13/h2-10H,1H3,(H,15,17). The fourth-order valence-corrected chi connectivity index (χ4v) is 2.21. The molecule has 4 heteroatoms. The van der Waals surface area contributed by atoms with E-state index in [0.717, 1.165) is 11.4 Å². The highest BCUT2D eigenvalue weighted by Gasteiger charge is 1.95. The highest BCUT2D eigenvalue weighted by atomic mass is 32.1. The van der Waals surface area contributed by atoms with E-state index in [0.29, 0.717) is 4.99 Å². The number of anilines is 1. The maximum atomic E-state index is 5.25. The molecule has 92 valence electrons. The fourth-order valence-electron chi connectivity index (χ4n) is 1.40. The van der Waals surface area contributed by atoms with Crippen molar-refractivity contribution in [2.45, 2.75) is 0 Å². The van der Waals surface area contributed by atoms with Gasteiger partial charge in [0.1, 0.15) is 10.7 Å². The third kappa shape index (κ3) is 3.68. The molecular formula is C14H13NOS2. The normalized spacial score (nSPS) is 10.5. The van der Waals surface area contributed by atoms with Crippen LogP contribution in [0, 0.1) is 0 Å². The number of hydrogen-bond donors (Lipinski definition) is 1. The summed E-state index contributed by atoms with van der Waals surface area (Å²) in [5, 5.41) is 5.19. The van der Waals surface area contributed by atoms with Gasteiger partial charge in [0.25, 0.3) is 0 Å². The topological polar surface area (TPSA) is 21.3 Å². The molecule has 2 aromatic rings. The van der Waals surface area contributed by atoms with Gasteiger partial charge in [0.05, 0.1) is 7.11 Å². The van der Waals surface area contributed by atoms with Crippen LogP contribution in [0.15, 0.2) is 47.9 Å². The first-order valence-electron chi connectivity index (χ1n) is 5.44. The Labute approximate surface area is 116 Å². The molecule has 0 saturated carbocycles. The lowest BCUT2D eigenvalue weighted by Crippen LogP contribution is -2.04. The van der Waals surface area contributed by atoms with E-state index in [9.17, 15) is 0 Å². The SMILES string of the molecule is COc1ccc(NC(=S)C=Cc2cccs2)cc1. The van der Waals surface area contributed by atoms with Crippen molar-refractivity contribution < 1.29 is 4.74 Å². The van der Waals surface area contributed by atoms with Gasteiger partial charge >= 0.3 is 0 Å². The molecule has 0 fully saturated rings. The summed E-state index contributed by atoms with van der Waals surface area (Å²) < 4.78 is 5.10. The minimum Gasteiger partial charge on any atom is -0.497 e. The van der Waals surface area contributed by atoms with Gasteiger partial charge in [-0.25, -0.2) is 0 Å². The Bertz CT molecular complexity index is 529. The number of methoxy groups -OCH3 is 1. The van der Waals surface area contributed by atoms with Crippen LogP contribution in [0.2, 0.25) is 0 Å². The lowest BCUT2D eigenvalue weighted by atomic mass is 10.3. The second-order valence-electron chi connectivity index (χ2n) is 3.57. The summed E-state index contributed by atoms with van der Waals surface area (Å²) in [4.78, 5) is 1.88. The number of ether oxygens (including phenoxy) is 1. The average molecular weight is 275 g/mol. The highest BCUT2D eigenvalue weighted by Crippen LogP contribution is 2.15. The monoisotopic (exact) mass is 275 g/mol. The molecule has 0 aliphatic carbocycles. The molecule has 0 radical (unpaired) electrons. The van der Waals surface area contributed by atoms with Crippen LogP contribution in [-0.4, -0.2) is 12.1 Å². The zero-order chi connectivity index (χ0) is 12.8. The van der Waals surface area contributed by atoms with Crippen molar-refractivity contribution in [3.8, 4) is 5.75 Å². The van der Waals surface area contributed by atoms with Crippen LogP contribution in [-0.2, 0) is 0 Å². The fraction of sp³-hybridized carbons (Fsp3) is 0.0714. The summed E-state index contributed by atoms with van der Waals surface area (Å²) in [6, 6.07) is 11.7. The van der Waals surface area contributed by atoms with Gasteiger partial charge in [0.2, 0.25) is 0 Å². The number of rotatable bonds is 4. The Balaban J connectivity index is 1.94. The van der Waals surface area contributed by atoms with E-state index in [4.69, 9.17) is 17.0 Å². The van der Waals surface area contributed by atoms with E-state index in [1.54, 1.807) is 18.4 Å². The first-order valence-corrected chi connectivity index (χ1v) is 6.73. The molecular weight excluding hydrogens is 262 g/mol. The average Bonchev–Trinajstić information content (AvgIpc) is 2.90. The highest BCUT2D eigenvalue weighted by molar-refractivity contribution is 7.81. The van der Waals surface area contributed by atoms with Gasteiger partial charge in [-0.15, -0.1) is 11.3 Å². The summed E-state index contributed by atoms with van der Waals surface area (Å²) in [5.74, 6) is 0.834. The number of benzene rings is 1. The van der Waals surface area contributed by atoms with E-state index in [1.807, 2.05) is 47.9 Å². The smallest absolute Gasteiger partial charge is 0.119 e. The van der Waals surface area contributed by atoms with Crippen molar-refractivity contribution >= 4 is 40.3 Å². The molecule has 0 aliphatic heterocycles. The zero-order valence-electron chi connectivity index (χ0n) is 9.92. The summed E-state index contributed by atoms with van der Waals surface area (Å²) in [7, 11) is 1.65. The van der Waals surface area contributed by atoms with Crippen LogP contribution < -0.4 is 10.1 Å². The van der Waals surface area contributed by atoms with Crippen molar-refractivity contribution in [3.05, 3.63) is 52.7 Å². The lowest BCUT2D eigenvalue weighted by Gasteiger charge is -2.05. The second-order valence-corrected chi connectivity index (χ2v) is 4.99. The van der Waals surface area contributed by atoms with E-state index < -0.39 is 0 Å². The van der Waals surface area contributed by atoms with Crippen LogP contribution >= 0.6 is 23.6 Å². The third-order valence-electron chi connectivity index (χ3n) is 2.30. The second kappa shape index (κ2) is 6.33. The van der Waals surface area contributed by atoms with Crippen molar-refractivity contribution in [3.63, 3.8) is 0 Å². The Hall–Kier alpha value is -1.65. The quantitative estimate of drug-likeness (QED) is 0.667. The molecule has 0 aliphatic rings. The van der Waals surface area contributed by atoms with Gasteiger partial charge in [-0.2, -0.15) is 0 Å². The van der Waals surface area contributed by atoms with Crippen molar-refractivity contribution in [2.75, 3.05) is 12.4 Å². The van der Waals surface area contributed by atoms with Crippen LogP contribution in [0.1, 0.15) is 4.88 Å². The number of hydrogen-bond acceptors (Lipinski definition) is 3. The van der Waals surface area contributed by atoms with Crippen LogP contribution in [0.25, 0.3) is 6.08 Å². The van der Waals surface area contributed by atoms with Crippen molar-refractivity contribution in [2.24, 2.45) is 0 Å².